The first-order valence-electron chi connectivity index (χ1n) is 3.63. The van der Waals surface area contributed by atoms with Gasteiger partial charge in [0.2, 0.25) is 0 Å². The summed E-state index contributed by atoms with van der Waals surface area (Å²) >= 11 is 0.998. The summed E-state index contributed by atoms with van der Waals surface area (Å²) in [6.45, 7) is 2.14. The van der Waals surface area contributed by atoms with Crippen LogP contribution in [0.2, 0.25) is 0 Å². The van der Waals surface area contributed by atoms with Crippen molar-refractivity contribution in [3.63, 3.8) is 0 Å². The molecule has 10 heavy (non-hydrogen) atoms. The molecule has 0 unspecified atom stereocenters. The lowest BCUT2D eigenvalue weighted by molar-refractivity contribution is 0.222. The van der Waals surface area contributed by atoms with E-state index in [0.717, 1.165) is 30.4 Å². The molecule has 0 aromatic carbocycles. The van der Waals surface area contributed by atoms with Gasteiger partial charge in [-0.05, 0) is 18.2 Å². The molecule has 0 aliphatic rings. The Morgan fingerprint density at radius 3 is 2.60 bits per heavy atom. The lowest BCUT2D eigenvalue weighted by Gasteiger charge is -1.94. The summed E-state index contributed by atoms with van der Waals surface area (Å²) in [5, 5.41) is 7.48. The second-order valence-electron chi connectivity index (χ2n) is 2.18. The minimum Gasteiger partial charge on any atom is -0.473 e. The second kappa shape index (κ2) is 6.93. The van der Waals surface area contributed by atoms with Crippen molar-refractivity contribution in [3.05, 3.63) is 0 Å². The van der Waals surface area contributed by atoms with Crippen molar-refractivity contribution in [1.82, 2.24) is 0 Å². The van der Waals surface area contributed by atoms with Crippen LogP contribution in [-0.2, 0) is 0 Å². The molecule has 0 aromatic rings. The van der Waals surface area contributed by atoms with Crippen molar-refractivity contribution in [2.45, 2.75) is 32.6 Å². The molecular formula is C7H14O2S. The van der Waals surface area contributed by atoms with Gasteiger partial charge < -0.3 is 5.11 Å². The summed E-state index contributed by atoms with van der Waals surface area (Å²) in [6, 6.07) is 0. The standard InChI is InChI=1S/C7H14O2S/c1-2-3-4-5-6-10-7(8)9/h2-6H2,1H3,(H,8,9). The summed E-state index contributed by atoms with van der Waals surface area (Å²) < 4.78 is 0. The zero-order chi connectivity index (χ0) is 7.82. The molecule has 0 atom stereocenters. The van der Waals surface area contributed by atoms with E-state index in [2.05, 4.69) is 6.92 Å². The van der Waals surface area contributed by atoms with Crippen molar-refractivity contribution < 1.29 is 9.90 Å². The summed E-state index contributed by atoms with van der Waals surface area (Å²) in [7, 11) is 0. The fourth-order valence-corrected chi connectivity index (χ4v) is 1.21. The Morgan fingerprint density at radius 1 is 1.40 bits per heavy atom. The minimum absolute atomic E-state index is 0.753. The zero-order valence-electron chi connectivity index (χ0n) is 6.30. The highest BCUT2D eigenvalue weighted by molar-refractivity contribution is 8.13. The highest BCUT2D eigenvalue weighted by Crippen LogP contribution is 2.07. The van der Waals surface area contributed by atoms with Crippen LogP contribution in [0.4, 0.5) is 4.79 Å². The Bertz CT molecular complexity index is 93.6. The third-order valence-electron chi connectivity index (χ3n) is 1.22. The van der Waals surface area contributed by atoms with Crippen LogP contribution in [0.1, 0.15) is 32.6 Å². The second-order valence-corrected chi connectivity index (χ2v) is 3.22. The summed E-state index contributed by atoms with van der Waals surface area (Å²) in [5.74, 6) is 0.759. The van der Waals surface area contributed by atoms with E-state index in [4.69, 9.17) is 5.11 Å². The van der Waals surface area contributed by atoms with E-state index in [9.17, 15) is 4.79 Å². The molecule has 0 spiro atoms. The molecule has 0 fully saturated rings. The maximum atomic E-state index is 9.99. The number of hydrogen-bond acceptors (Lipinski definition) is 2. The lowest BCUT2D eigenvalue weighted by atomic mass is 10.2. The third kappa shape index (κ3) is 7.82. The first kappa shape index (κ1) is 9.82. The third-order valence-corrected chi connectivity index (χ3v) is 1.96. The highest BCUT2D eigenvalue weighted by Gasteiger charge is 1.95. The average Bonchev–Trinajstić information content (AvgIpc) is 1.87. The molecule has 60 valence electrons. The van der Waals surface area contributed by atoms with E-state index in [-0.39, 0.29) is 0 Å². The Balaban J connectivity index is 2.84. The first-order valence-corrected chi connectivity index (χ1v) is 4.61. The van der Waals surface area contributed by atoms with Crippen LogP contribution in [0.25, 0.3) is 0 Å². The maximum Gasteiger partial charge on any atom is 0.364 e. The van der Waals surface area contributed by atoms with Crippen molar-refractivity contribution >= 4 is 17.1 Å². The fourth-order valence-electron chi connectivity index (χ4n) is 0.688. The van der Waals surface area contributed by atoms with E-state index in [1.165, 1.54) is 12.8 Å². The predicted octanol–water partition coefficient (Wildman–Crippen LogP) is 2.98. The van der Waals surface area contributed by atoms with Crippen molar-refractivity contribution in [1.29, 1.82) is 0 Å². The fraction of sp³-hybridized carbons (Fsp3) is 0.857. The van der Waals surface area contributed by atoms with Crippen molar-refractivity contribution in [2.75, 3.05) is 5.75 Å². The number of carboxylic acid groups (broad SMARTS) is 1. The van der Waals surface area contributed by atoms with Crippen LogP contribution in [0.3, 0.4) is 0 Å². The number of carbonyl (C=O) groups is 1. The van der Waals surface area contributed by atoms with Crippen LogP contribution < -0.4 is 0 Å². The van der Waals surface area contributed by atoms with Crippen LogP contribution >= 0.6 is 11.8 Å². The van der Waals surface area contributed by atoms with Crippen molar-refractivity contribution in [2.24, 2.45) is 0 Å². The molecule has 0 amide bonds. The van der Waals surface area contributed by atoms with Crippen LogP contribution in [-0.4, -0.2) is 16.2 Å². The summed E-state index contributed by atoms with van der Waals surface area (Å²) in [6.07, 6.45) is 4.62. The smallest absolute Gasteiger partial charge is 0.364 e. The molecule has 0 rings (SSSR count). The van der Waals surface area contributed by atoms with E-state index in [1.807, 2.05) is 0 Å². The molecule has 3 heteroatoms. The van der Waals surface area contributed by atoms with Crippen molar-refractivity contribution in [3.8, 4) is 0 Å². The summed E-state index contributed by atoms with van der Waals surface area (Å²) in [4.78, 5) is 9.99. The Kier molecular flexibility index (Phi) is 6.81. The molecule has 0 saturated carbocycles. The van der Waals surface area contributed by atoms with Gasteiger partial charge in [0.05, 0.1) is 0 Å². The molecule has 0 bridgehead atoms. The van der Waals surface area contributed by atoms with Crippen LogP contribution in [0, 0.1) is 0 Å². The Labute approximate surface area is 66.0 Å². The largest absolute Gasteiger partial charge is 0.473 e. The molecule has 1 N–H and O–H groups in total. The quantitative estimate of drug-likeness (QED) is 0.631. The van der Waals surface area contributed by atoms with Crippen LogP contribution in [0.15, 0.2) is 0 Å². The molecular weight excluding hydrogens is 148 g/mol. The van der Waals surface area contributed by atoms with Gasteiger partial charge in [-0.25, -0.2) is 4.79 Å². The topological polar surface area (TPSA) is 37.3 Å². The van der Waals surface area contributed by atoms with Gasteiger partial charge in [0.15, 0.2) is 0 Å². The molecule has 0 heterocycles. The molecule has 0 radical (unpaired) electrons. The molecule has 0 aromatic heterocycles. The number of unbranched alkanes of at least 4 members (excludes halogenated alkanes) is 3. The summed E-state index contributed by atoms with van der Waals surface area (Å²) in [5.41, 5.74) is 0. The lowest BCUT2D eigenvalue weighted by Crippen LogP contribution is -1.87. The highest BCUT2D eigenvalue weighted by atomic mass is 32.2. The van der Waals surface area contributed by atoms with E-state index in [1.54, 1.807) is 0 Å². The Hall–Kier alpha value is -0.180. The van der Waals surface area contributed by atoms with Gasteiger partial charge in [0, 0.05) is 5.75 Å². The average molecular weight is 162 g/mol. The molecule has 0 saturated heterocycles. The molecule has 0 aliphatic heterocycles. The van der Waals surface area contributed by atoms with Gasteiger partial charge in [0.25, 0.3) is 0 Å². The maximum absolute atomic E-state index is 9.99. The van der Waals surface area contributed by atoms with E-state index < -0.39 is 5.30 Å². The number of rotatable bonds is 5. The van der Waals surface area contributed by atoms with Crippen LogP contribution in [0.5, 0.6) is 0 Å². The van der Waals surface area contributed by atoms with Gasteiger partial charge in [-0.3, -0.25) is 0 Å². The molecule has 2 nitrogen and oxygen atoms in total. The molecule has 0 aliphatic carbocycles. The van der Waals surface area contributed by atoms with Gasteiger partial charge in [-0.2, -0.15) is 0 Å². The first-order chi connectivity index (χ1) is 4.77. The van der Waals surface area contributed by atoms with Gasteiger partial charge in [0.1, 0.15) is 0 Å². The SMILES string of the molecule is CCCCCCSC(=O)O. The van der Waals surface area contributed by atoms with Gasteiger partial charge in [-0.15, -0.1) is 0 Å². The van der Waals surface area contributed by atoms with Gasteiger partial charge in [-0.1, -0.05) is 26.2 Å². The normalized spacial score (nSPS) is 9.70. The monoisotopic (exact) mass is 162 g/mol. The zero-order valence-corrected chi connectivity index (χ0v) is 7.12. The minimum atomic E-state index is -0.753. The predicted molar refractivity (Wildman–Crippen MR) is 44.6 cm³/mol. The number of hydrogen-bond donors (Lipinski definition) is 1. The van der Waals surface area contributed by atoms with E-state index >= 15 is 0 Å². The number of thioether (sulfide) groups is 1. The Morgan fingerprint density at radius 2 is 2.10 bits per heavy atom. The van der Waals surface area contributed by atoms with E-state index in [0.29, 0.717) is 0 Å². The van der Waals surface area contributed by atoms with Gasteiger partial charge >= 0.3 is 5.30 Å².